The molecule has 0 saturated carbocycles. The highest BCUT2D eigenvalue weighted by Crippen LogP contribution is 2.21. The van der Waals surface area contributed by atoms with E-state index in [4.69, 9.17) is 5.14 Å². The summed E-state index contributed by atoms with van der Waals surface area (Å²) in [7, 11) is -1.98. The second-order valence-corrected chi connectivity index (χ2v) is 7.63. The van der Waals surface area contributed by atoms with Gasteiger partial charge >= 0.3 is 0 Å². The van der Waals surface area contributed by atoms with E-state index in [2.05, 4.69) is 13.8 Å². The Balaban J connectivity index is 2.13. The van der Waals surface area contributed by atoms with Crippen molar-refractivity contribution in [1.29, 1.82) is 0 Å². The Bertz CT molecular complexity index is 828. The molecular weight excluding hydrogens is 324 g/mol. The summed E-state index contributed by atoms with van der Waals surface area (Å²) in [5.41, 5.74) is 2.75. The van der Waals surface area contributed by atoms with Crippen LogP contribution in [0, 0.1) is 0 Å². The summed E-state index contributed by atoms with van der Waals surface area (Å²) >= 11 is 0. The van der Waals surface area contributed by atoms with Crippen LogP contribution in [0.2, 0.25) is 0 Å². The van der Waals surface area contributed by atoms with E-state index >= 15 is 0 Å². The second-order valence-electron chi connectivity index (χ2n) is 6.07. The molecule has 0 aromatic heterocycles. The molecule has 2 aromatic rings. The average Bonchev–Trinajstić information content (AvgIpc) is 2.53. The van der Waals surface area contributed by atoms with Crippen LogP contribution in [0.5, 0.6) is 0 Å². The molecule has 0 fully saturated rings. The van der Waals surface area contributed by atoms with Crippen LogP contribution in [-0.4, -0.2) is 21.4 Å². The third-order valence-corrected chi connectivity index (χ3v) is 4.83. The third kappa shape index (κ3) is 4.43. The number of benzene rings is 2. The van der Waals surface area contributed by atoms with Gasteiger partial charge in [-0.25, -0.2) is 13.6 Å². The molecular formula is C18H22N2O3S. The SMILES string of the molecule is CC(C)c1cccc(N(C)C(=O)Cc2ccc(S(N)(=O)=O)cc2)c1. The Morgan fingerprint density at radius 2 is 1.75 bits per heavy atom. The van der Waals surface area contributed by atoms with Gasteiger partial charge in [-0.1, -0.05) is 38.1 Å². The van der Waals surface area contributed by atoms with Crippen LogP contribution in [-0.2, 0) is 21.2 Å². The molecule has 0 saturated heterocycles. The number of anilines is 1. The molecule has 0 unspecified atom stereocenters. The summed E-state index contributed by atoms with van der Waals surface area (Å²) < 4.78 is 22.5. The van der Waals surface area contributed by atoms with E-state index in [9.17, 15) is 13.2 Å². The van der Waals surface area contributed by atoms with Gasteiger partial charge in [0.2, 0.25) is 15.9 Å². The van der Waals surface area contributed by atoms with Gasteiger partial charge in [0.25, 0.3) is 0 Å². The fourth-order valence-corrected chi connectivity index (χ4v) is 2.84. The van der Waals surface area contributed by atoms with Crippen molar-refractivity contribution in [3.8, 4) is 0 Å². The van der Waals surface area contributed by atoms with Crippen LogP contribution in [0.15, 0.2) is 53.4 Å². The molecule has 0 atom stereocenters. The molecule has 0 aliphatic heterocycles. The van der Waals surface area contributed by atoms with E-state index in [1.165, 1.54) is 17.7 Å². The average molecular weight is 346 g/mol. The topological polar surface area (TPSA) is 80.5 Å². The quantitative estimate of drug-likeness (QED) is 0.904. The molecule has 0 aliphatic rings. The molecule has 5 nitrogen and oxygen atoms in total. The Hall–Kier alpha value is -2.18. The number of hydrogen-bond donors (Lipinski definition) is 1. The zero-order valence-corrected chi connectivity index (χ0v) is 14.9. The van der Waals surface area contributed by atoms with Gasteiger partial charge < -0.3 is 4.90 Å². The lowest BCUT2D eigenvalue weighted by molar-refractivity contribution is -0.117. The summed E-state index contributed by atoms with van der Waals surface area (Å²) in [5, 5.41) is 5.07. The van der Waals surface area contributed by atoms with Gasteiger partial charge in [-0.2, -0.15) is 0 Å². The van der Waals surface area contributed by atoms with Crippen molar-refractivity contribution in [1.82, 2.24) is 0 Å². The summed E-state index contributed by atoms with van der Waals surface area (Å²) in [5.74, 6) is 0.318. The van der Waals surface area contributed by atoms with Crippen molar-refractivity contribution in [3.05, 3.63) is 59.7 Å². The third-order valence-electron chi connectivity index (χ3n) is 3.91. The summed E-state index contributed by atoms with van der Waals surface area (Å²) in [6.07, 6.45) is 0.188. The van der Waals surface area contributed by atoms with E-state index in [0.29, 0.717) is 5.92 Å². The van der Waals surface area contributed by atoms with Crippen molar-refractivity contribution in [2.45, 2.75) is 31.1 Å². The van der Waals surface area contributed by atoms with Crippen LogP contribution >= 0.6 is 0 Å². The predicted molar refractivity (Wildman–Crippen MR) is 95.5 cm³/mol. The van der Waals surface area contributed by atoms with E-state index < -0.39 is 10.0 Å². The number of hydrogen-bond acceptors (Lipinski definition) is 3. The number of nitrogens with two attached hydrogens (primary N) is 1. The smallest absolute Gasteiger partial charge is 0.238 e. The van der Waals surface area contributed by atoms with Crippen LogP contribution in [0.4, 0.5) is 5.69 Å². The van der Waals surface area contributed by atoms with E-state index in [0.717, 1.165) is 11.3 Å². The van der Waals surface area contributed by atoms with Gasteiger partial charge in [0.05, 0.1) is 11.3 Å². The first-order valence-corrected chi connectivity index (χ1v) is 9.21. The number of sulfonamides is 1. The maximum Gasteiger partial charge on any atom is 0.238 e. The zero-order chi connectivity index (χ0) is 17.9. The first kappa shape index (κ1) is 18.2. The summed E-state index contributed by atoms with van der Waals surface area (Å²) in [6, 6.07) is 13.9. The fourth-order valence-electron chi connectivity index (χ4n) is 2.33. The molecule has 0 radical (unpaired) electrons. The van der Waals surface area contributed by atoms with E-state index in [-0.39, 0.29) is 17.2 Å². The van der Waals surface area contributed by atoms with Crippen molar-refractivity contribution in [3.63, 3.8) is 0 Å². The molecule has 0 heterocycles. The summed E-state index contributed by atoms with van der Waals surface area (Å²) in [4.78, 5) is 14.1. The zero-order valence-electron chi connectivity index (χ0n) is 14.1. The van der Waals surface area contributed by atoms with E-state index in [1.807, 2.05) is 24.3 Å². The lowest BCUT2D eigenvalue weighted by atomic mass is 10.0. The molecule has 2 aromatic carbocycles. The van der Waals surface area contributed by atoms with E-state index in [1.54, 1.807) is 24.1 Å². The number of carbonyl (C=O) groups excluding carboxylic acids is 1. The minimum Gasteiger partial charge on any atom is -0.315 e. The maximum atomic E-state index is 12.5. The first-order chi connectivity index (χ1) is 11.2. The largest absolute Gasteiger partial charge is 0.315 e. The van der Waals surface area contributed by atoms with Crippen LogP contribution in [0.3, 0.4) is 0 Å². The predicted octanol–water partition coefficient (Wildman–Crippen LogP) is 2.66. The van der Waals surface area contributed by atoms with Gasteiger partial charge in [-0.3, -0.25) is 4.79 Å². The lowest BCUT2D eigenvalue weighted by Crippen LogP contribution is -2.28. The molecule has 2 N–H and O–H groups in total. The van der Waals surface area contributed by atoms with Crippen molar-refractivity contribution in [2.24, 2.45) is 5.14 Å². The molecule has 6 heteroatoms. The van der Waals surface area contributed by atoms with Crippen LogP contribution in [0.25, 0.3) is 0 Å². The summed E-state index contributed by atoms with van der Waals surface area (Å²) in [6.45, 7) is 4.21. The Morgan fingerprint density at radius 1 is 1.12 bits per heavy atom. The highest BCUT2D eigenvalue weighted by Gasteiger charge is 2.14. The van der Waals surface area contributed by atoms with Gasteiger partial charge in [0.1, 0.15) is 0 Å². The molecule has 24 heavy (non-hydrogen) atoms. The van der Waals surface area contributed by atoms with Crippen LogP contribution < -0.4 is 10.0 Å². The molecule has 128 valence electrons. The van der Waals surface area contributed by atoms with Gasteiger partial charge in [0, 0.05) is 12.7 Å². The standard InChI is InChI=1S/C18H22N2O3S/c1-13(2)15-5-4-6-16(12-15)20(3)18(21)11-14-7-9-17(10-8-14)24(19,22)23/h4-10,12-13H,11H2,1-3H3,(H2,19,22,23). The van der Waals surface area contributed by atoms with Gasteiger partial charge in [-0.15, -0.1) is 0 Å². The Kier molecular flexibility index (Phi) is 5.41. The van der Waals surface area contributed by atoms with Gasteiger partial charge in [0.15, 0.2) is 0 Å². The number of primary sulfonamides is 1. The Labute approximate surface area is 143 Å². The number of likely N-dealkylation sites (N-methyl/N-ethyl adjacent to an activating group) is 1. The lowest BCUT2D eigenvalue weighted by Gasteiger charge is -2.19. The molecule has 0 aliphatic carbocycles. The monoisotopic (exact) mass is 346 g/mol. The molecule has 0 spiro atoms. The molecule has 0 bridgehead atoms. The molecule has 2 rings (SSSR count). The minimum atomic E-state index is -3.72. The van der Waals surface area contributed by atoms with Crippen LogP contribution in [0.1, 0.15) is 30.9 Å². The molecule has 1 amide bonds. The normalized spacial score (nSPS) is 11.5. The maximum absolute atomic E-state index is 12.5. The number of amides is 1. The number of rotatable bonds is 5. The second kappa shape index (κ2) is 7.15. The number of carbonyl (C=O) groups is 1. The fraction of sp³-hybridized carbons (Fsp3) is 0.278. The minimum absolute atomic E-state index is 0.0386. The Morgan fingerprint density at radius 3 is 2.29 bits per heavy atom. The van der Waals surface area contributed by atoms with Crippen molar-refractivity contribution < 1.29 is 13.2 Å². The first-order valence-electron chi connectivity index (χ1n) is 7.66. The van der Waals surface area contributed by atoms with Crippen molar-refractivity contribution in [2.75, 3.05) is 11.9 Å². The van der Waals surface area contributed by atoms with Gasteiger partial charge in [-0.05, 0) is 41.3 Å². The number of nitrogens with zero attached hydrogens (tertiary/aromatic N) is 1. The van der Waals surface area contributed by atoms with Crippen molar-refractivity contribution >= 4 is 21.6 Å². The highest BCUT2D eigenvalue weighted by molar-refractivity contribution is 7.89. The highest BCUT2D eigenvalue weighted by atomic mass is 32.2.